The van der Waals surface area contributed by atoms with Gasteiger partial charge in [-0.05, 0) is 57.2 Å². The van der Waals surface area contributed by atoms with Gasteiger partial charge in [0.25, 0.3) is 0 Å². The van der Waals surface area contributed by atoms with Gasteiger partial charge in [-0.2, -0.15) is 13.2 Å². The lowest BCUT2D eigenvalue weighted by Crippen LogP contribution is -2.57. The van der Waals surface area contributed by atoms with Gasteiger partial charge >= 0.3 is 6.18 Å². The van der Waals surface area contributed by atoms with Crippen molar-refractivity contribution < 1.29 is 31.8 Å². The Morgan fingerprint density at radius 1 is 1.00 bits per heavy atom. The molecule has 2 rings (SSSR count). The maximum atomic E-state index is 13.6. The third kappa shape index (κ3) is 8.94. The lowest BCUT2D eigenvalue weighted by molar-refractivity contribution is -0.267. The molecule has 1 aromatic rings. The Morgan fingerprint density at radius 2 is 1.61 bits per heavy atom. The Bertz CT molecular complexity index is 669. The topological polar surface area (TPSA) is 53.7 Å². The molecule has 2 N–H and O–H groups in total. The SMILES string of the molecule is CC1(C)OCC(N)(CCc2ccc(OCCCCCCCCF)c(C(F)(F)F)c2)CO1. The first-order valence-corrected chi connectivity index (χ1v) is 11.0. The van der Waals surface area contributed by atoms with Gasteiger partial charge in [-0.25, -0.2) is 0 Å². The second-order valence-electron chi connectivity index (χ2n) is 8.83. The van der Waals surface area contributed by atoms with Crippen LogP contribution in [-0.4, -0.2) is 37.8 Å². The van der Waals surface area contributed by atoms with Crippen LogP contribution in [0.15, 0.2) is 18.2 Å². The molecule has 0 aromatic heterocycles. The van der Waals surface area contributed by atoms with Crippen molar-refractivity contribution in [3.05, 3.63) is 29.3 Å². The predicted molar refractivity (Wildman–Crippen MR) is 112 cm³/mol. The van der Waals surface area contributed by atoms with Gasteiger partial charge in [0.05, 0.1) is 37.6 Å². The summed E-state index contributed by atoms with van der Waals surface area (Å²) in [4.78, 5) is 0. The van der Waals surface area contributed by atoms with Gasteiger partial charge < -0.3 is 19.9 Å². The number of ether oxygens (including phenoxy) is 3. The van der Waals surface area contributed by atoms with Gasteiger partial charge in [0, 0.05) is 0 Å². The molecule has 1 fully saturated rings. The van der Waals surface area contributed by atoms with Crippen molar-refractivity contribution in [2.75, 3.05) is 26.5 Å². The van der Waals surface area contributed by atoms with E-state index in [0.29, 0.717) is 44.5 Å². The molecule has 0 spiro atoms. The normalized spacial score (nSPS) is 18.2. The Hall–Kier alpha value is -1.38. The number of alkyl halides is 4. The van der Waals surface area contributed by atoms with Crippen LogP contribution in [0.1, 0.15) is 69.9 Å². The van der Waals surface area contributed by atoms with Crippen LogP contribution in [0.4, 0.5) is 17.6 Å². The molecule has 0 amide bonds. The van der Waals surface area contributed by atoms with E-state index < -0.39 is 23.1 Å². The average Bonchev–Trinajstić information content (AvgIpc) is 2.71. The molecule has 1 aromatic carbocycles. The minimum atomic E-state index is -4.50. The first-order valence-electron chi connectivity index (χ1n) is 11.0. The van der Waals surface area contributed by atoms with Crippen LogP contribution < -0.4 is 10.5 Å². The summed E-state index contributed by atoms with van der Waals surface area (Å²) in [6.45, 7) is 4.11. The Morgan fingerprint density at radius 3 is 2.23 bits per heavy atom. The monoisotopic (exact) mass is 449 g/mol. The molecule has 8 heteroatoms. The van der Waals surface area contributed by atoms with Crippen LogP contribution in [0, 0.1) is 0 Å². The van der Waals surface area contributed by atoms with Crippen LogP contribution in [0.25, 0.3) is 0 Å². The number of benzene rings is 1. The van der Waals surface area contributed by atoms with Crippen molar-refractivity contribution in [1.29, 1.82) is 0 Å². The number of unbranched alkanes of at least 4 members (excludes halogenated alkanes) is 5. The molecule has 178 valence electrons. The Kier molecular flexibility index (Phi) is 9.58. The number of rotatable bonds is 12. The lowest BCUT2D eigenvalue weighted by atomic mass is 9.92. The summed E-state index contributed by atoms with van der Waals surface area (Å²) in [6, 6.07) is 4.18. The van der Waals surface area contributed by atoms with Gasteiger partial charge in [-0.1, -0.05) is 31.7 Å². The highest BCUT2D eigenvalue weighted by molar-refractivity contribution is 5.39. The summed E-state index contributed by atoms with van der Waals surface area (Å²) >= 11 is 0. The third-order valence-electron chi connectivity index (χ3n) is 5.46. The molecule has 0 aliphatic carbocycles. The zero-order valence-electron chi connectivity index (χ0n) is 18.5. The smallest absolute Gasteiger partial charge is 0.419 e. The lowest BCUT2D eigenvalue weighted by Gasteiger charge is -2.41. The van der Waals surface area contributed by atoms with Gasteiger partial charge in [0.1, 0.15) is 5.75 Å². The van der Waals surface area contributed by atoms with Gasteiger partial charge in [-0.15, -0.1) is 0 Å². The molecule has 1 aliphatic heterocycles. The highest BCUT2D eigenvalue weighted by Crippen LogP contribution is 2.37. The standard InChI is InChI=1S/C23H35F4NO3/c1-21(2)30-16-22(28,17-31-21)12-11-18-9-10-20(19(15-18)23(25,26)27)29-14-8-6-4-3-5-7-13-24/h9-10,15H,3-8,11-14,16-17,28H2,1-2H3. The van der Waals surface area contributed by atoms with Crippen LogP contribution in [-0.2, 0) is 22.1 Å². The minimum absolute atomic E-state index is 0.151. The zero-order chi connectivity index (χ0) is 23.0. The summed E-state index contributed by atoms with van der Waals surface area (Å²) in [7, 11) is 0. The van der Waals surface area contributed by atoms with E-state index in [1.807, 2.05) is 0 Å². The highest BCUT2D eigenvalue weighted by atomic mass is 19.4. The first-order chi connectivity index (χ1) is 14.5. The summed E-state index contributed by atoms with van der Waals surface area (Å²) in [5.41, 5.74) is 5.35. The number of aryl methyl sites for hydroxylation is 1. The molecule has 0 atom stereocenters. The minimum Gasteiger partial charge on any atom is -0.493 e. The molecule has 1 saturated heterocycles. The fourth-order valence-electron chi connectivity index (χ4n) is 3.42. The van der Waals surface area contributed by atoms with Gasteiger partial charge in [-0.3, -0.25) is 4.39 Å². The Labute approximate surface area is 182 Å². The molecule has 0 radical (unpaired) electrons. The average molecular weight is 450 g/mol. The molecular formula is C23H35F4NO3. The van der Waals surface area contributed by atoms with Crippen molar-refractivity contribution in [1.82, 2.24) is 0 Å². The van der Waals surface area contributed by atoms with Gasteiger partial charge in [0.15, 0.2) is 5.79 Å². The number of nitrogens with two attached hydrogens (primary N) is 1. The van der Waals surface area contributed by atoms with E-state index in [4.69, 9.17) is 19.9 Å². The fraction of sp³-hybridized carbons (Fsp3) is 0.739. The summed E-state index contributed by atoms with van der Waals surface area (Å²) in [5, 5.41) is 0. The number of hydrogen-bond acceptors (Lipinski definition) is 4. The second kappa shape index (κ2) is 11.5. The summed E-state index contributed by atoms with van der Waals surface area (Å²) in [5.74, 6) is -0.845. The van der Waals surface area contributed by atoms with E-state index in [0.717, 1.165) is 31.7 Å². The largest absolute Gasteiger partial charge is 0.493 e. The van der Waals surface area contributed by atoms with Crippen molar-refractivity contribution in [2.24, 2.45) is 5.73 Å². The van der Waals surface area contributed by atoms with Crippen LogP contribution in [0.5, 0.6) is 5.75 Å². The molecular weight excluding hydrogens is 414 g/mol. The molecule has 0 unspecified atom stereocenters. The maximum Gasteiger partial charge on any atom is 0.419 e. The van der Waals surface area contributed by atoms with Crippen molar-refractivity contribution >= 4 is 0 Å². The molecule has 1 aliphatic rings. The molecule has 4 nitrogen and oxygen atoms in total. The zero-order valence-corrected chi connectivity index (χ0v) is 18.5. The highest BCUT2D eigenvalue weighted by Gasteiger charge is 2.38. The second-order valence-corrected chi connectivity index (χ2v) is 8.83. The van der Waals surface area contributed by atoms with E-state index in [1.54, 1.807) is 19.9 Å². The number of halogens is 4. The van der Waals surface area contributed by atoms with Gasteiger partial charge in [0.2, 0.25) is 0 Å². The van der Waals surface area contributed by atoms with E-state index in [9.17, 15) is 17.6 Å². The summed E-state index contributed by atoms with van der Waals surface area (Å²) in [6.07, 6.45) is 1.13. The maximum absolute atomic E-state index is 13.6. The molecule has 0 bridgehead atoms. The van der Waals surface area contributed by atoms with Crippen LogP contribution in [0.3, 0.4) is 0 Å². The van der Waals surface area contributed by atoms with Crippen LogP contribution in [0.2, 0.25) is 0 Å². The van der Waals surface area contributed by atoms with Crippen molar-refractivity contribution in [3.63, 3.8) is 0 Å². The molecule has 31 heavy (non-hydrogen) atoms. The molecule has 1 heterocycles. The van der Waals surface area contributed by atoms with Crippen molar-refractivity contribution in [2.45, 2.75) is 82.7 Å². The van der Waals surface area contributed by atoms with E-state index in [-0.39, 0.29) is 19.0 Å². The van der Waals surface area contributed by atoms with E-state index >= 15 is 0 Å². The quantitative estimate of drug-likeness (QED) is 0.323. The van der Waals surface area contributed by atoms with Crippen molar-refractivity contribution in [3.8, 4) is 5.75 Å². The van der Waals surface area contributed by atoms with E-state index in [1.165, 1.54) is 6.07 Å². The summed E-state index contributed by atoms with van der Waals surface area (Å²) < 4.78 is 69.3. The molecule has 0 saturated carbocycles. The number of hydrogen-bond donors (Lipinski definition) is 1. The predicted octanol–water partition coefficient (Wildman–Crippen LogP) is 5.81. The fourth-order valence-corrected chi connectivity index (χ4v) is 3.42. The van der Waals surface area contributed by atoms with Crippen LogP contribution >= 0.6 is 0 Å². The Balaban J connectivity index is 1.88. The van der Waals surface area contributed by atoms with E-state index in [2.05, 4.69) is 0 Å². The first kappa shape index (κ1) is 25.9. The third-order valence-corrected chi connectivity index (χ3v) is 5.46.